The highest BCUT2D eigenvalue weighted by molar-refractivity contribution is 6.23. The Bertz CT molecular complexity index is 755. The average molecular weight is 299 g/mol. The molecule has 2 amide bonds. The van der Waals surface area contributed by atoms with Gasteiger partial charge < -0.3 is 9.84 Å². The van der Waals surface area contributed by atoms with Crippen LogP contribution in [-0.4, -0.2) is 34.6 Å². The van der Waals surface area contributed by atoms with Crippen molar-refractivity contribution < 1.29 is 24.2 Å². The topological polar surface area (TPSA) is 83.9 Å². The van der Waals surface area contributed by atoms with Crippen LogP contribution in [0.1, 0.15) is 17.3 Å². The molecule has 3 aliphatic rings. The zero-order valence-corrected chi connectivity index (χ0v) is 11.7. The lowest BCUT2D eigenvalue weighted by Crippen LogP contribution is -2.38. The molecule has 22 heavy (non-hydrogen) atoms. The molecule has 1 aromatic carbocycles. The molecule has 2 fully saturated rings. The highest BCUT2D eigenvalue weighted by Gasteiger charge is 2.66. The molecule has 2 bridgehead atoms. The van der Waals surface area contributed by atoms with E-state index in [0.717, 1.165) is 4.90 Å². The number of anilines is 1. The Balaban J connectivity index is 1.77. The minimum atomic E-state index is -1.10. The lowest BCUT2D eigenvalue weighted by atomic mass is 9.78. The first-order valence-corrected chi connectivity index (χ1v) is 7.01. The molecule has 0 aromatic heterocycles. The fourth-order valence-electron chi connectivity index (χ4n) is 3.69. The summed E-state index contributed by atoms with van der Waals surface area (Å²) in [5, 5.41) is 9.06. The van der Waals surface area contributed by atoms with Crippen LogP contribution in [0.15, 0.2) is 36.4 Å². The van der Waals surface area contributed by atoms with Gasteiger partial charge in [-0.2, -0.15) is 0 Å². The number of aromatic carboxylic acids is 1. The van der Waals surface area contributed by atoms with Gasteiger partial charge in [0.2, 0.25) is 11.8 Å². The molecule has 3 heterocycles. The maximum Gasteiger partial charge on any atom is 0.335 e. The number of amides is 2. The number of benzene rings is 1. The van der Waals surface area contributed by atoms with E-state index in [1.807, 2.05) is 12.2 Å². The van der Waals surface area contributed by atoms with Gasteiger partial charge in [0.15, 0.2) is 0 Å². The Labute approximate surface area is 126 Å². The molecule has 0 radical (unpaired) electrons. The molecule has 0 saturated carbocycles. The summed E-state index contributed by atoms with van der Waals surface area (Å²) in [6, 6.07) is 5.87. The van der Waals surface area contributed by atoms with Crippen molar-refractivity contribution in [2.75, 3.05) is 4.90 Å². The molecule has 0 unspecified atom stereocenters. The zero-order valence-electron chi connectivity index (χ0n) is 11.7. The number of rotatable bonds is 2. The molecular formula is C16H13NO5. The zero-order chi connectivity index (χ0) is 15.6. The number of nitrogens with zero attached hydrogens (tertiary/aromatic N) is 1. The molecule has 2 saturated heterocycles. The van der Waals surface area contributed by atoms with Crippen LogP contribution in [0.3, 0.4) is 0 Å². The monoisotopic (exact) mass is 299 g/mol. The van der Waals surface area contributed by atoms with Crippen molar-refractivity contribution >= 4 is 23.5 Å². The van der Waals surface area contributed by atoms with Crippen molar-refractivity contribution in [1.29, 1.82) is 0 Å². The molecule has 4 rings (SSSR count). The Morgan fingerprint density at radius 2 is 2.09 bits per heavy atom. The largest absolute Gasteiger partial charge is 0.478 e. The predicted octanol–water partition coefficient (Wildman–Crippen LogP) is 1.22. The normalized spacial score (nSPS) is 35.3. The third kappa shape index (κ3) is 1.50. The number of ether oxygens (including phenoxy) is 1. The lowest BCUT2D eigenvalue weighted by Gasteiger charge is -2.24. The van der Waals surface area contributed by atoms with Crippen molar-refractivity contribution in [3.8, 4) is 0 Å². The van der Waals surface area contributed by atoms with Crippen molar-refractivity contribution in [3.63, 3.8) is 0 Å². The molecule has 6 nitrogen and oxygen atoms in total. The number of hydrogen-bond donors (Lipinski definition) is 1. The fourth-order valence-corrected chi connectivity index (χ4v) is 3.69. The summed E-state index contributed by atoms with van der Waals surface area (Å²) in [5.74, 6) is -2.81. The number of carbonyl (C=O) groups is 3. The molecule has 0 aliphatic carbocycles. The molecule has 4 atom stereocenters. The lowest BCUT2D eigenvalue weighted by molar-refractivity contribution is -0.126. The van der Waals surface area contributed by atoms with Gasteiger partial charge in [0.1, 0.15) is 0 Å². The van der Waals surface area contributed by atoms with Crippen molar-refractivity contribution in [2.45, 2.75) is 18.6 Å². The summed E-state index contributed by atoms with van der Waals surface area (Å²) in [6.07, 6.45) is 3.28. The number of carboxylic acid groups (broad SMARTS) is 1. The fraction of sp³-hybridized carbons (Fsp3) is 0.312. The van der Waals surface area contributed by atoms with E-state index in [-0.39, 0.29) is 23.5 Å². The van der Waals surface area contributed by atoms with Crippen LogP contribution in [0, 0.1) is 11.8 Å². The van der Waals surface area contributed by atoms with E-state index in [1.54, 1.807) is 13.0 Å². The van der Waals surface area contributed by atoms with E-state index in [0.29, 0.717) is 5.69 Å². The van der Waals surface area contributed by atoms with Gasteiger partial charge in [-0.3, -0.25) is 9.59 Å². The molecule has 6 heteroatoms. The Hall–Kier alpha value is -2.47. The Kier molecular flexibility index (Phi) is 2.43. The van der Waals surface area contributed by atoms with E-state index in [1.165, 1.54) is 18.2 Å². The second kappa shape index (κ2) is 4.04. The van der Waals surface area contributed by atoms with E-state index in [9.17, 15) is 14.4 Å². The summed E-state index contributed by atoms with van der Waals surface area (Å²) in [6.45, 7) is 1.80. The van der Waals surface area contributed by atoms with E-state index < -0.39 is 23.4 Å². The van der Waals surface area contributed by atoms with Crippen LogP contribution >= 0.6 is 0 Å². The molecular weight excluding hydrogens is 286 g/mol. The highest BCUT2D eigenvalue weighted by Crippen LogP contribution is 2.52. The number of fused-ring (bicyclic) bond motifs is 5. The SMILES string of the molecule is C[C@]12C=C[C@@H](O1)[C@H]1C(=O)N(c3cccc(C(=O)O)c3)C(=O)[C@@H]12. The first-order chi connectivity index (χ1) is 10.4. The molecule has 3 aliphatic heterocycles. The Morgan fingerprint density at radius 1 is 1.32 bits per heavy atom. The minimum Gasteiger partial charge on any atom is -0.478 e. The Morgan fingerprint density at radius 3 is 2.77 bits per heavy atom. The molecule has 1 N–H and O–H groups in total. The summed E-state index contributed by atoms with van der Waals surface area (Å²) in [5.41, 5.74) is -0.410. The van der Waals surface area contributed by atoms with Gasteiger partial charge in [-0.1, -0.05) is 18.2 Å². The van der Waals surface area contributed by atoms with Crippen LogP contribution in [0.4, 0.5) is 5.69 Å². The maximum atomic E-state index is 12.7. The maximum absolute atomic E-state index is 12.7. The quantitative estimate of drug-likeness (QED) is 0.655. The van der Waals surface area contributed by atoms with Gasteiger partial charge in [0.05, 0.1) is 34.8 Å². The predicted molar refractivity (Wildman–Crippen MR) is 75.3 cm³/mol. The van der Waals surface area contributed by atoms with Gasteiger partial charge in [-0.25, -0.2) is 9.69 Å². The highest BCUT2D eigenvalue weighted by atomic mass is 16.5. The van der Waals surface area contributed by atoms with E-state index >= 15 is 0 Å². The van der Waals surface area contributed by atoms with Crippen LogP contribution in [0.25, 0.3) is 0 Å². The van der Waals surface area contributed by atoms with Crippen molar-refractivity contribution in [2.24, 2.45) is 11.8 Å². The number of carbonyl (C=O) groups excluding carboxylic acids is 2. The van der Waals surface area contributed by atoms with Gasteiger partial charge >= 0.3 is 5.97 Å². The third-order valence-corrected chi connectivity index (χ3v) is 4.68. The van der Waals surface area contributed by atoms with Gasteiger partial charge in [-0.15, -0.1) is 0 Å². The first-order valence-electron chi connectivity index (χ1n) is 7.01. The first kappa shape index (κ1) is 13.2. The van der Waals surface area contributed by atoms with Gasteiger partial charge in [0, 0.05) is 0 Å². The van der Waals surface area contributed by atoms with E-state index in [4.69, 9.17) is 9.84 Å². The summed E-state index contributed by atoms with van der Waals surface area (Å²) < 4.78 is 5.74. The van der Waals surface area contributed by atoms with Crippen molar-refractivity contribution in [1.82, 2.24) is 0 Å². The smallest absolute Gasteiger partial charge is 0.335 e. The average Bonchev–Trinajstić information content (AvgIpc) is 3.08. The number of carboxylic acids is 1. The second-order valence-electron chi connectivity index (χ2n) is 6.00. The van der Waals surface area contributed by atoms with Crippen LogP contribution in [0.5, 0.6) is 0 Å². The summed E-state index contributed by atoms with van der Waals surface area (Å²) in [4.78, 5) is 37.5. The standard InChI is InChI=1S/C16H13NO5/c1-16-6-5-10(22-16)11-12(16)14(19)17(13(11)18)9-4-2-3-8(7-9)15(20)21/h2-7,10-12H,1H3,(H,20,21)/t10-,11-,12-,16-/m1/s1. The van der Waals surface area contributed by atoms with Gasteiger partial charge in [-0.05, 0) is 25.1 Å². The van der Waals surface area contributed by atoms with Gasteiger partial charge in [0.25, 0.3) is 0 Å². The van der Waals surface area contributed by atoms with Crippen molar-refractivity contribution in [3.05, 3.63) is 42.0 Å². The summed E-state index contributed by atoms with van der Waals surface area (Å²) >= 11 is 0. The molecule has 1 aromatic rings. The molecule has 112 valence electrons. The van der Waals surface area contributed by atoms with E-state index in [2.05, 4.69) is 0 Å². The van der Waals surface area contributed by atoms with Crippen LogP contribution in [-0.2, 0) is 14.3 Å². The third-order valence-electron chi connectivity index (χ3n) is 4.68. The number of hydrogen-bond acceptors (Lipinski definition) is 4. The summed E-state index contributed by atoms with van der Waals surface area (Å²) in [7, 11) is 0. The minimum absolute atomic E-state index is 0.0405. The second-order valence-corrected chi connectivity index (χ2v) is 6.00. The van der Waals surface area contributed by atoms with Crippen LogP contribution < -0.4 is 4.90 Å². The number of imide groups is 1. The molecule has 0 spiro atoms. The van der Waals surface area contributed by atoms with Crippen LogP contribution in [0.2, 0.25) is 0 Å².